The van der Waals surface area contributed by atoms with Crippen molar-refractivity contribution in [1.29, 1.82) is 0 Å². The van der Waals surface area contributed by atoms with Gasteiger partial charge in [0.05, 0.1) is 24.7 Å². The number of nitrogens with one attached hydrogen (secondary N) is 1. The van der Waals surface area contributed by atoms with Crippen LogP contribution in [0.2, 0.25) is 0 Å². The number of piperazine rings is 1. The maximum absolute atomic E-state index is 12.0. The van der Waals surface area contributed by atoms with Crippen LogP contribution in [0, 0.1) is 10.1 Å². The van der Waals surface area contributed by atoms with Gasteiger partial charge >= 0.3 is 11.7 Å². The zero-order valence-electron chi connectivity index (χ0n) is 18.8. The summed E-state index contributed by atoms with van der Waals surface area (Å²) in [6.45, 7) is 2.50. The van der Waals surface area contributed by atoms with Gasteiger partial charge in [0.1, 0.15) is 12.1 Å². The van der Waals surface area contributed by atoms with Crippen LogP contribution >= 0.6 is 0 Å². The van der Waals surface area contributed by atoms with Gasteiger partial charge in [0.2, 0.25) is 11.6 Å². The van der Waals surface area contributed by atoms with Crippen molar-refractivity contribution in [3.05, 3.63) is 70.5 Å². The molecule has 0 bridgehead atoms. The van der Waals surface area contributed by atoms with Gasteiger partial charge in [-0.1, -0.05) is 0 Å². The van der Waals surface area contributed by atoms with Crippen LogP contribution in [0.15, 0.2) is 54.9 Å². The highest BCUT2D eigenvalue weighted by Gasteiger charge is 2.29. The fraction of sp³-hybridized carbons (Fsp3) is 0.261. The first kappa shape index (κ1) is 22.8. The normalized spacial score (nSPS) is 13.4. The first-order valence-electron chi connectivity index (χ1n) is 10.6. The molecule has 1 aliphatic rings. The number of hydrogen-bond acceptors (Lipinski definition) is 10. The van der Waals surface area contributed by atoms with Crippen molar-refractivity contribution in [2.75, 3.05) is 55.5 Å². The van der Waals surface area contributed by atoms with E-state index >= 15 is 0 Å². The van der Waals surface area contributed by atoms with E-state index in [9.17, 15) is 14.9 Å². The van der Waals surface area contributed by atoms with Crippen LogP contribution < -0.4 is 19.9 Å². The Kier molecular flexibility index (Phi) is 6.72. The number of ether oxygens (including phenoxy) is 2. The van der Waals surface area contributed by atoms with Gasteiger partial charge in [-0.3, -0.25) is 10.1 Å². The lowest BCUT2D eigenvalue weighted by molar-refractivity contribution is -0.383. The summed E-state index contributed by atoms with van der Waals surface area (Å²) < 4.78 is 9.90. The Labute approximate surface area is 196 Å². The van der Waals surface area contributed by atoms with E-state index in [1.807, 2.05) is 29.2 Å². The molecule has 2 heterocycles. The van der Waals surface area contributed by atoms with Gasteiger partial charge in [0, 0.05) is 37.6 Å². The van der Waals surface area contributed by atoms with Crippen LogP contribution in [0.4, 0.5) is 28.7 Å². The number of carbonyl (C=O) groups excluding carboxylic acids is 1. The van der Waals surface area contributed by atoms with Crippen LogP contribution in [0.25, 0.3) is 0 Å². The highest BCUT2D eigenvalue weighted by molar-refractivity contribution is 5.90. The summed E-state index contributed by atoms with van der Waals surface area (Å²) in [6, 6.07) is 14.2. The van der Waals surface area contributed by atoms with Crippen LogP contribution in [0.5, 0.6) is 5.75 Å². The van der Waals surface area contributed by atoms with Gasteiger partial charge < -0.3 is 24.6 Å². The number of nitro groups is 1. The second kappa shape index (κ2) is 10.0. The van der Waals surface area contributed by atoms with E-state index in [1.54, 1.807) is 31.4 Å². The standard InChI is InChI=1S/C23H24N6O5/c1-33-19-9-7-18(8-10-19)27-11-13-28(14-12-27)22-20(29(31)32)21(24-15-25-22)26-17-5-3-16(4-6-17)23(30)34-2/h3-10,15H,11-14H2,1-2H3,(H,24,25,26). The molecule has 0 radical (unpaired) electrons. The van der Waals surface area contributed by atoms with Crippen molar-refractivity contribution >= 4 is 34.7 Å². The summed E-state index contributed by atoms with van der Waals surface area (Å²) in [5.41, 5.74) is 1.79. The molecule has 176 valence electrons. The number of carbonyl (C=O) groups is 1. The zero-order valence-corrected chi connectivity index (χ0v) is 18.8. The number of nitrogens with zero attached hydrogens (tertiary/aromatic N) is 5. The Morgan fingerprint density at radius 1 is 0.971 bits per heavy atom. The molecule has 1 aromatic heterocycles. The van der Waals surface area contributed by atoms with Gasteiger partial charge in [-0.25, -0.2) is 14.8 Å². The lowest BCUT2D eigenvalue weighted by Crippen LogP contribution is -2.47. The Balaban J connectivity index is 1.51. The Hall–Kier alpha value is -4.41. The minimum Gasteiger partial charge on any atom is -0.497 e. The first-order valence-corrected chi connectivity index (χ1v) is 10.6. The monoisotopic (exact) mass is 464 g/mol. The third kappa shape index (κ3) is 4.82. The van der Waals surface area contributed by atoms with Crippen molar-refractivity contribution in [1.82, 2.24) is 9.97 Å². The van der Waals surface area contributed by atoms with Gasteiger partial charge in [0.15, 0.2) is 0 Å². The Bertz CT molecular complexity index is 1160. The number of aromatic nitrogens is 2. The van der Waals surface area contributed by atoms with Gasteiger partial charge in [-0.05, 0) is 48.5 Å². The predicted molar refractivity (Wildman–Crippen MR) is 127 cm³/mol. The first-order chi connectivity index (χ1) is 16.5. The number of hydrogen-bond donors (Lipinski definition) is 1. The van der Waals surface area contributed by atoms with Gasteiger partial charge in [0.25, 0.3) is 0 Å². The number of benzene rings is 2. The molecule has 0 unspecified atom stereocenters. The third-order valence-electron chi connectivity index (χ3n) is 5.57. The molecule has 3 aromatic rings. The smallest absolute Gasteiger partial charge is 0.353 e. The largest absolute Gasteiger partial charge is 0.497 e. The summed E-state index contributed by atoms with van der Waals surface area (Å²) in [6.07, 6.45) is 1.31. The maximum atomic E-state index is 12.0. The zero-order chi connectivity index (χ0) is 24.1. The van der Waals surface area contributed by atoms with Crippen LogP contribution in [-0.4, -0.2) is 61.3 Å². The van der Waals surface area contributed by atoms with E-state index in [0.717, 1.165) is 11.4 Å². The van der Waals surface area contributed by atoms with Gasteiger partial charge in [-0.15, -0.1) is 0 Å². The second-order valence-electron chi connectivity index (χ2n) is 7.52. The fourth-order valence-corrected chi connectivity index (χ4v) is 3.77. The van der Waals surface area contributed by atoms with E-state index in [0.29, 0.717) is 37.4 Å². The highest BCUT2D eigenvalue weighted by atomic mass is 16.6. The molecule has 11 heteroatoms. The predicted octanol–water partition coefficient (Wildman–Crippen LogP) is 3.25. The number of esters is 1. The van der Waals surface area contributed by atoms with E-state index < -0.39 is 10.9 Å². The quantitative estimate of drug-likeness (QED) is 0.317. The Morgan fingerprint density at radius 2 is 1.62 bits per heavy atom. The lowest BCUT2D eigenvalue weighted by atomic mass is 10.2. The average Bonchev–Trinajstić information content (AvgIpc) is 2.88. The fourth-order valence-electron chi connectivity index (χ4n) is 3.77. The molecular weight excluding hydrogens is 440 g/mol. The molecule has 1 fully saturated rings. The molecule has 34 heavy (non-hydrogen) atoms. The number of rotatable bonds is 7. The molecule has 4 rings (SSSR count). The molecule has 1 aliphatic heterocycles. The molecule has 0 atom stereocenters. The third-order valence-corrected chi connectivity index (χ3v) is 5.57. The topological polar surface area (TPSA) is 123 Å². The van der Waals surface area contributed by atoms with Crippen LogP contribution in [0.3, 0.4) is 0 Å². The van der Waals surface area contributed by atoms with Crippen molar-refractivity contribution < 1.29 is 19.2 Å². The van der Waals surface area contributed by atoms with E-state index in [-0.39, 0.29) is 17.3 Å². The second-order valence-corrected chi connectivity index (χ2v) is 7.52. The van der Waals surface area contributed by atoms with E-state index in [4.69, 9.17) is 9.47 Å². The Morgan fingerprint density at radius 3 is 2.21 bits per heavy atom. The molecule has 0 saturated carbocycles. The van der Waals surface area contributed by atoms with Crippen molar-refractivity contribution in [3.63, 3.8) is 0 Å². The molecule has 0 amide bonds. The van der Waals surface area contributed by atoms with E-state index in [2.05, 4.69) is 20.2 Å². The molecule has 0 aliphatic carbocycles. The minimum atomic E-state index is -0.476. The van der Waals surface area contributed by atoms with Crippen molar-refractivity contribution in [2.24, 2.45) is 0 Å². The molecule has 11 nitrogen and oxygen atoms in total. The molecule has 2 aromatic carbocycles. The molecule has 0 spiro atoms. The molecule has 1 N–H and O–H groups in total. The van der Waals surface area contributed by atoms with E-state index in [1.165, 1.54) is 13.4 Å². The molecular formula is C23H24N6O5. The summed E-state index contributed by atoms with van der Waals surface area (Å²) in [7, 11) is 2.93. The van der Waals surface area contributed by atoms with Crippen molar-refractivity contribution in [3.8, 4) is 5.75 Å². The summed E-state index contributed by atoms with van der Waals surface area (Å²) in [5.74, 6) is 0.677. The highest BCUT2D eigenvalue weighted by Crippen LogP contribution is 2.34. The maximum Gasteiger partial charge on any atom is 0.353 e. The summed E-state index contributed by atoms with van der Waals surface area (Å²) in [4.78, 5) is 35.6. The number of methoxy groups -OCH3 is 2. The summed E-state index contributed by atoms with van der Waals surface area (Å²) >= 11 is 0. The molecule has 1 saturated heterocycles. The SMILES string of the molecule is COC(=O)c1ccc(Nc2ncnc(N3CCN(c4ccc(OC)cc4)CC3)c2[N+](=O)[O-])cc1. The van der Waals surface area contributed by atoms with Crippen LogP contribution in [-0.2, 0) is 4.74 Å². The number of anilines is 4. The lowest BCUT2D eigenvalue weighted by Gasteiger charge is -2.36. The minimum absolute atomic E-state index is 0.0819. The average molecular weight is 464 g/mol. The van der Waals surface area contributed by atoms with Crippen LogP contribution in [0.1, 0.15) is 10.4 Å². The van der Waals surface area contributed by atoms with Crippen molar-refractivity contribution in [2.45, 2.75) is 0 Å². The summed E-state index contributed by atoms with van der Waals surface area (Å²) in [5, 5.41) is 14.9. The van der Waals surface area contributed by atoms with Gasteiger partial charge in [-0.2, -0.15) is 0 Å².